The molecule has 0 aliphatic carbocycles. The Morgan fingerprint density at radius 2 is 1.39 bits per heavy atom. The molecule has 0 aliphatic rings. The number of ether oxygens (including phenoxy) is 2. The summed E-state index contributed by atoms with van der Waals surface area (Å²) in [5.74, 6) is 0. The zero-order valence-corrected chi connectivity index (χ0v) is 15.5. The lowest BCUT2D eigenvalue weighted by atomic mass is 10.2. The van der Waals surface area contributed by atoms with E-state index in [4.69, 9.17) is 14.3 Å². The van der Waals surface area contributed by atoms with Crippen LogP contribution in [0.1, 0.15) is 61.3 Å². The maximum absolute atomic E-state index is 12.1. The van der Waals surface area contributed by atoms with Crippen LogP contribution in [-0.4, -0.2) is 48.1 Å². The average Bonchev–Trinajstić information content (AvgIpc) is 2.33. The van der Waals surface area contributed by atoms with Crippen molar-refractivity contribution in [2.24, 2.45) is 0 Å². The molecule has 23 heavy (non-hydrogen) atoms. The fourth-order valence-corrected chi connectivity index (χ4v) is 1.42. The van der Waals surface area contributed by atoms with E-state index in [1.165, 1.54) is 0 Å². The number of rotatable bonds is 7. The molecule has 0 aromatic carbocycles. The number of unbranched alkanes of at least 4 members (excludes halogenated alkanes) is 1. The van der Waals surface area contributed by atoms with Crippen LogP contribution in [0, 0.1) is 0 Å². The van der Waals surface area contributed by atoms with E-state index >= 15 is 0 Å². The number of imide groups is 1. The van der Waals surface area contributed by atoms with Gasteiger partial charge in [-0.1, -0.05) is 18.4 Å². The van der Waals surface area contributed by atoms with Gasteiger partial charge in [-0.3, -0.25) is 4.84 Å². The van der Waals surface area contributed by atoms with Gasteiger partial charge in [0.25, 0.3) is 0 Å². The van der Waals surface area contributed by atoms with Gasteiger partial charge in [-0.05, 0) is 54.5 Å². The largest absolute Gasteiger partial charge is 0.444 e. The highest BCUT2D eigenvalue weighted by atomic mass is 16.8. The summed E-state index contributed by atoms with van der Waals surface area (Å²) < 4.78 is 10.3. The van der Waals surface area contributed by atoms with Crippen LogP contribution in [0.5, 0.6) is 0 Å². The van der Waals surface area contributed by atoms with Gasteiger partial charge in [0, 0.05) is 6.54 Å². The molecule has 0 heterocycles. The summed E-state index contributed by atoms with van der Waals surface area (Å²) in [5, 5.41) is 3.70. The highest BCUT2D eigenvalue weighted by molar-refractivity contribution is 5.86. The summed E-state index contributed by atoms with van der Waals surface area (Å²) in [5.41, 5.74) is -1.47. The van der Waals surface area contributed by atoms with Crippen molar-refractivity contribution in [2.75, 3.05) is 19.7 Å². The fraction of sp³-hybridized carbons (Fsp3) is 0.875. The van der Waals surface area contributed by atoms with Crippen molar-refractivity contribution in [3.05, 3.63) is 0 Å². The molecule has 1 N–H and O–H groups in total. The number of hydroxylamine groups is 2. The third-order valence-electron chi connectivity index (χ3n) is 2.32. The Labute approximate surface area is 139 Å². The smallest absolute Gasteiger partial charge is 0.442 e. The van der Waals surface area contributed by atoms with Crippen molar-refractivity contribution in [2.45, 2.75) is 72.5 Å². The first-order chi connectivity index (χ1) is 10.5. The molecule has 0 unspecified atom stereocenters. The minimum absolute atomic E-state index is 0.155. The van der Waals surface area contributed by atoms with E-state index in [1.54, 1.807) is 41.5 Å². The first kappa shape index (κ1) is 21.7. The molecule has 0 radical (unpaired) electrons. The van der Waals surface area contributed by atoms with E-state index in [1.807, 2.05) is 0 Å². The van der Waals surface area contributed by atoms with E-state index in [0.29, 0.717) is 11.6 Å². The average molecular weight is 332 g/mol. The van der Waals surface area contributed by atoms with Crippen molar-refractivity contribution < 1.29 is 23.9 Å². The molecule has 136 valence electrons. The Hall–Kier alpha value is -1.34. The topological polar surface area (TPSA) is 77.1 Å². The van der Waals surface area contributed by atoms with Crippen molar-refractivity contribution >= 4 is 12.2 Å². The van der Waals surface area contributed by atoms with Crippen LogP contribution in [0.15, 0.2) is 0 Å². The monoisotopic (exact) mass is 332 g/mol. The molecule has 0 saturated heterocycles. The number of amides is 2. The molecule has 0 rings (SSSR count). The maximum atomic E-state index is 12.1. The normalized spacial score (nSPS) is 12.0. The lowest BCUT2D eigenvalue weighted by Crippen LogP contribution is -2.44. The summed E-state index contributed by atoms with van der Waals surface area (Å²) in [6.07, 6.45) is 0.373. The molecule has 0 bridgehead atoms. The standard InChI is InChI=1S/C16H32N2O5/c1-8-9-10-17-11-12-21-18(13(19)22-15(2,3)4)14(20)23-16(5,6)7/h17H,8-12H2,1-7H3. The quantitative estimate of drug-likeness (QED) is 0.568. The Balaban J connectivity index is 4.61. The molecule has 0 aromatic rings. The summed E-state index contributed by atoms with van der Waals surface area (Å²) in [6.45, 7) is 13.9. The molecule has 2 amide bonds. The number of hydrogen-bond acceptors (Lipinski definition) is 6. The number of hydrogen-bond donors (Lipinski definition) is 1. The lowest BCUT2D eigenvalue weighted by molar-refractivity contribution is -0.137. The van der Waals surface area contributed by atoms with Crippen LogP contribution < -0.4 is 5.32 Å². The summed E-state index contributed by atoms with van der Waals surface area (Å²) >= 11 is 0. The Morgan fingerprint density at radius 1 is 0.913 bits per heavy atom. The zero-order valence-electron chi connectivity index (χ0n) is 15.5. The van der Waals surface area contributed by atoms with E-state index in [2.05, 4.69) is 12.2 Å². The molecule has 7 heteroatoms. The third kappa shape index (κ3) is 11.8. The van der Waals surface area contributed by atoms with Crippen LogP contribution in [-0.2, 0) is 14.3 Å². The molecule has 0 atom stereocenters. The van der Waals surface area contributed by atoms with Crippen LogP contribution in [0.25, 0.3) is 0 Å². The SMILES string of the molecule is CCCCNCCON(C(=O)OC(C)(C)C)C(=O)OC(C)(C)C. The van der Waals surface area contributed by atoms with E-state index < -0.39 is 23.4 Å². The zero-order chi connectivity index (χ0) is 18.1. The van der Waals surface area contributed by atoms with E-state index in [0.717, 1.165) is 19.4 Å². The van der Waals surface area contributed by atoms with Crippen LogP contribution in [0.3, 0.4) is 0 Å². The molecule has 0 saturated carbocycles. The van der Waals surface area contributed by atoms with Gasteiger partial charge in [0.15, 0.2) is 0 Å². The summed E-state index contributed by atoms with van der Waals surface area (Å²) in [7, 11) is 0. The number of carbonyl (C=O) groups is 2. The molecule has 0 aliphatic heterocycles. The van der Waals surface area contributed by atoms with Crippen LogP contribution >= 0.6 is 0 Å². The molecule has 7 nitrogen and oxygen atoms in total. The number of nitrogens with zero attached hydrogens (tertiary/aromatic N) is 1. The van der Waals surface area contributed by atoms with Gasteiger partial charge in [0.2, 0.25) is 0 Å². The van der Waals surface area contributed by atoms with Gasteiger partial charge < -0.3 is 14.8 Å². The van der Waals surface area contributed by atoms with Crippen molar-refractivity contribution in [3.8, 4) is 0 Å². The van der Waals surface area contributed by atoms with Gasteiger partial charge in [0.1, 0.15) is 11.2 Å². The van der Waals surface area contributed by atoms with Crippen molar-refractivity contribution in [1.29, 1.82) is 0 Å². The Bertz CT molecular complexity index is 344. The number of carbonyl (C=O) groups excluding carboxylic acids is 2. The molecule has 0 fully saturated rings. The second-order valence-corrected chi connectivity index (χ2v) is 7.19. The Kier molecular flexibility index (Phi) is 9.16. The number of nitrogens with one attached hydrogen (secondary N) is 1. The summed E-state index contributed by atoms with van der Waals surface area (Å²) in [4.78, 5) is 29.5. The predicted octanol–water partition coefficient (Wildman–Crippen LogP) is 3.48. The molecular formula is C16H32N2O5. The third-order valence-corrected chi connectivity index (χ3v) is 2.32. The lowest BCUT2D eigenvalue weighted by Gasteiger charge is -2.27. The predicted molar refractivity (Wildman–Crippen MR) is 88.0 cm³/mol. The molecular weight excluding hydrogens is 300 g/mol. The van der Waals surface area contributed by atoms with Crippen molar-refractivity contribution in [3.63, 3.8) is 0 Å². The van der Waals surface area contributed by atoms with Gasteiger partial charge in [-0.2, -0.15) is 0 Å². The van der Waals surface area contributed by atoms with Gasteiger partial charge in [0.05, 0.1) is 6.61 Å². The highest BCUT2D eigenvalue weighted by Crippen LogP contribution is 2.14. The second kappa shape index (κ2) is 9.72. The minimum atomic E-state index is -0.889. The second-order valence-electron chi connectivity index (χ2n) is 7.19. The van der Waals surface area contributed by atoms with Crippen LogP contribution in [0.4, 0.5) is 9.59 Å². The Morgan fingerprint density at radius 3 is 1.78 bits per heavy atom. The van der Waals surface area contributed by atoms with E-state index in [9.17, 15) is 9.59 Å². The first-order valence-electron chi connectivity index (χ1n) is 8.06. The molecule has 0 aromatic heterocycles. The highest BCUT2D eigenvalue weighted by Gasteiger charge is 2.32. The van der Waals surface area contributed by atoms with Crippen LogP contribution in [0.2, 0.25) is 0 Å². The summed E-state index contributed by atoms with van der Waals surface area (Å²) in [6, 6.07) is 0. The first-order valence-corrected chi connectivity index (χ1v) is 8.06. The van der Waals surface area contributed by atoms with E-state index in [-0.39, 0.29) is 6.61 Å². The van der Waals surface area contributed by atoms with Crippen molar-refractivity contribution in [1.82, 2.24) is 10.4 Å². The fourth-order valence-electron chi connectivity index (χ4n) is 1.42. The molecule has 0 spiro atoms. The minimum Gasteiger partial charge on any atom is -0.442 e. The van der Waals surface area contributed by atoms with Gasteiger partial charge >= 0.3 is 12.2 Å². The maximum Gasteiger partial charge on any atom is 0.444 e. The van der Waals surface area contributed by atoms with Gasteiger partial charge in [-0.25, -0.2) is 9.59 Å². The van der Waals surface area contributed by atoms with Gasteiger partial charge in [-0.15, -0.1) is 0 Å².